The van der Waals surface area contributed by atoms with Gasteiger partial charge in [0.05, 0.1) is 11.2 Å². The van der Waals surface area contributed by atoms with Gasteiger partial charge in [0.15, 0.2) is 0 Å². The van der Waals surface area contributed by atoms with Crippen LogP contribution in [-0.4, -0.2) is 15.9 Å². The van der Waals surface area contributed by atoms with Gasteiger partial charge in [-0.2, -0.15) is 0 Å². The molecule has 3 nitrogen and oxygen atoms in total. The molecule has 0 unspecified atom stereocenters. The molecule has 0 radical (unpaired) electrons. The summed E-state index contributed by atoms with van der Waals surface area (Å²) in [5.41, 5.74) is 3.74. The minimum atomic E-state index is 0.715. The zero-order valence-electron chi connectivity index (χ0n) is 8.85. The molecule has 0 atom stereocenters. The van der Waals surface area contributed by atoms with E-state index in [1.165, 1.54) is 5.56 Å². The minimum absolute atomic E-state index is 0.715. The van der Waals surface area contributed by atoms with Gasteiger partial charge in [0.1, 0.15) is 5.71 Å². The maximum atomic E-state index is 8.96. The molecule has 0 bridgehead atoms. The van der Waals surface area contributed by atoms with Crippen molar-refractivity contribution in [3.8, 4) is 0 Å². The molecule has 0 fully saturated rings. The van der Waals surface area contributed by atoms with Gasteiger partial charge in [-0.3, -0.25) is 0 Å². The summed E-state index contributed by atoms with van der Waals surface area (Å²) in [6.45, 7) is 0. The van der Waals surface area contributed by atoms with Crippen LogP contribution in [0.25, 0.3) is 10.9 Å². The van der Waals surface area contributed by atoms with Gasteiger partial charge in [0.25, 0.3) is 0 Å². The average Bonchev–Trinajstić information content (AvgIpc) is 2.35. The van der Waals surface area contributed by atoms with Gasteiger partial charge in [-0.05, 0) is 37.0 Å². The van der Waals surface area contributed by atoms with E-state index >= 15 is 0 Å². The maximum Gasteiger partial charge on any atom is 0.105 e. The van der Waals surface area contributed by atoms with Crippen molar-refractivity contribution in [1.29, 1.82) is 0 Å². The summed E-state index contributed by atoms with van der Waals surface area (Å²) in [6, 6.07) is 10.2. The summed E-state index contributed by atoms with van der Waals surface area (Å²) in [7, 11) is 0. The van der Waals surface area contributed by atoms with Crippen LogP contribution in [-0.2, 0) is 6.42 Å². The molecule has 0 spiro atoms. The highest BCUT2D eigenvalue weighted by atomic mass is 16.4. The van der Waals surface area contributed by atoms with Crippen LogP contribution >= 0.6 is 0 Å². The van der Waals surface area contributed by atoms with Crippen LogP contribution < -0.4 is 0 Å². The Balaban J connectivity index is 2.29. The maximum absolute atomic E-state index is 8.96. The number of pyridine rings is 1. The number of nitrogens with zero attached hydrogens (tertiary/aromatic N) is 2. The molecular weight excluding hydrogens is 200 g/mol. The Morgan fingerprint density at radius 3 is 2.94 bits per heavy atom. The first-order valence-corrected chi connectivity index (χ1v) is 5.48. The number of fused-ring (bicyclic) bond motifs is 2. The molecule has 0 amide bonds. The first-order chi connectivity index (χ1) is 7.88. The van der Waals surface area contributed by atoms with Gasteiger partial charge in [0, 0.05) is 5.39 Å². The van der Waals surface area contributed by atoms with Crippen LogP contribution in [0.1, 0.15) is 24.1 Å². The largest absolute Gasteiger partial charge is 0.411 e. The summed E-state index contributed by atoms with van der Waals surface area (Å²) in [6.07, 6.45) is 2.87. The minimum Gasteiger partial charge on any atom is -0.411 e. The molecule has 1 aromatic carbocycles. The molecule has 80 valence electrons. The molecule has 1 aromatic heterocycles. The fourth-order valence-electron chi connectivity index (χ4n) is 2.26. The molecule has 0 saturated carbocycles. The Hall–Kier alpha value is -1.90. The third-order valence-electron chi connectivity index (χ3n) is 3.06. The van der Waals surface area contributed by atoms with E-state index in [1.54, 1.807) is 0 Å². The van der Waals surface area contributed by atoms with E-state index in [9.17, 15) is 0 Å². The lowest BCUT2D eigenvalue weighted by molar-refractivity contribution is 0.317. The average molecular weight is 212 g/mol. The molecule has 0 aliphatic heterocycles. The second kappa shape index (κ2) is 3.59. The van der Waals surface area contributed by atoms with E-state index in [-0.39, 0.29) is 0 Å². The van der Waals surface area contributed by atoms with E-state index < -0.39 is 0 Å². The first kappa shape index (κ1) is 9.33. The molecule has 3 rings (SSSR count). The van der Waals surface area contributed by atoms with E-state index in [0.717, 1.165) is 35.9 Å². The van der Waals surface area contributed by atoms with Crippen LogP contribution in [0, 0.1) is 0 Å². The van der Waals surface area contributed by atoms with Crippen molar-refractivity contribution < 1.29 is 5.21 Å². The Labute approximate surface area is 93.4 Å². The molecule has 1 aliphatic carbocycles. The van der Waals surface area contributed by atoms with Crippen molar-refractivity contribution in [3.05, 3.63) is 41.6 Å². The van der Waals surface area contributed by atoms with E-state index in [1.807, 2.05) is 18.2 Å². The van der Waals surface area contributed by atoms with Crippen LogP contribution in [0.2, 0.25) is 0 Å². The Morgan fingerprint density at radius 1 is 1.19 bits per heavy atom. The highest BCUT2D eigenvalue weighted by Gasteiger charge is 2.18. The van der Waals surface area contributed by atoms with E-state index in [0.29, 0.717) is 5.71 Å². The fourth-order valence-corrected chi connectivity index (χ4v) is 2.26. The third-order valence-corrected chi connectivity index (χ3v) is 3.06. The van der Waals surface area contributed by atoms with Crippen molar-refractivity contribution in [1.82, 2.24) is 4.98 Å². The zero-order valence-corrected chi connectivity index (χ0v) is 8.85. The molecule has 2 aromatic rings. The van der Waals surface area contributed by atoms with Crippen molar-refractivity contribution in [2.24, 2.45) is 5.16 Å². The normalized spacial score (nSPS) is 17.6. The standard InChI is InChI=1S/C13H12N2O/c16-15-12-7-3-5-10-8-9-4-1-2-6-11(9)14-13(10)12/h1-2,4,6,8,16H,3,5,7H2. The Kier molecular flexibility index (Phi) is 2.10. The van der Waals surface area contributed by atoms with Crippen molar-refractivity contribution >= 4 is 16.6 Å². The zero-order chi connectivity index (χ0) is 11.0. The monoisotopic (exact) mass is 212 g/mol. The SMILES string of the molecule is ON=C1CCCc2cc3ccccc3nc21. The summed E-state index contributed by atoms with van der Waals surface area (Å²) >= 11 is 0. The van der Waals surface area contributed by atoms with Crippen molar-refractivity contribution in [2.75, 3.05) is 0 Å². The van der Waals surface area contributed by atoms with Gasteiger partial charge in [0.2, 0.25) is 0 Å². The second-order valence-electron chi connectivity index (χ2n) is 4.09. The van der Waals surface area contributed by atoms with E-state index in [2.05, 4.69) is 22.3 Å². The smallest absolute Gasteiger partial charge is 0.105 e. The number of hydrogen-bond donors (Lipinski definition) is 1. The van der Waals surface area contributed by atoms with Crippen LogP contribution in [0.4, 0.5) is 0 Å². The molecule has 0 saturated heterocycles. The van der Waals surface area contributed by atoms with Crippen molar-refractivity contribution in [3.63, 3.8) is 0 Å². The number of oxime groups is 1. The fraction of sp³-hybridized carbons (Fsp3) is 0.231. The summed E-state index contributed by atoms with van der Waals surface area (Å²) in [5, 5.41) is 13.5. The molecular formula is C13H12N2O. The molecule has 1 aliphatic rings. The lowest BCUT2D eigenvalue weighted by Gasteiger charge is -2.16. The van der Waals surface area contributed by atoms with E-state index in [4.69, 9.17) is 5.21 Å². The van der Waals surface area contributed by atoms with Gasteiger partial charge >= 0.3 is 0 Å². The summed E-state index contributed by atoms with van der Waals surface area (Å²) < 4.78 is 0. The lowest BCUT2D eigenvalue weighted by atomic mass is 9.93. The lowest BCUT2D eigenvalue weighted by Crippen LogP contribution is -2.14. The van der Waals surface area contributed by atoms with Crippen LogP contribution in [0.15, 0.2) is 35.5 Å². The Bertz CT molecular complexity index is 575. The number of benzene rings is 1. The predicted octanol–water partition coefficient (Wildman–Crippen LogP) is 2.75. The van der Waals surface area contributed by atoms with Crippen molar-refractivity contribution in [2.45, 2.75) is 19.3 Å². The topological polar surface area (TPSA) is 45.5 Å². The van der Waals surface area contributed by atoms with Gasteiger partial charge in [-0.1, -0.05) is 23.4 Å². The summed E-state index contributed by atoms with van der Waals surface area (Å²) in [4.78, 5) is 4.58. The third kappa shape index (κ3) is 1.36. The number of aromatic nitrogens is 1. The predicted molar refractivity (Wildman–Crippen MR) is 63.0 cm³/mol. The number of para-hydroxylation sites is 1. The quantitative estimate of drug-likeness (QED) is 0.539. The van der Waals surface area contributed by atoms with Gasteiger partial charge in [-0.25, -0.2) is 4.98 Å². The number of aryl methyl sites for hydroxylation is 1. The van der Waals surface area contributed by atoms with Crippen LogP contribution in [0.3, 0.4) is 0 Å². The Morgan fingerprint density at radius 2 is 2.06 bits per heavy atom. The van der Waals surface area contributed by atoms with Gasteiger partial charge in [-0.15, -0.1) is 0 Å². The number of rotatable bonds is 0. The highest BCUT2D eigenvalue weighted by Crippen LogP contribution is 2.24. The second-order valence-corrected chi connectivity index (χ2v) is 4.09. The molecule has 16 heavy (non-hydrogen) atoms. The highest BCUT2D eigenvalue weighted by molar-refractivity contribution is 6.02. The van der Waals surface area contributed by atoms with Crippen LogP contribution in [0.5, 0.6) is 0 Å². The van der Waals surface area contributed by atoms with Gasteiger partial charge < -0.3 is 5.21 Å². The molecule has 1 heterocycles. The molecule has 3 heteroatoms. The number of hydrogen-bond acceptors (Lipinski definition) is 3. The summed E-state index contributed by atoms with van der Waals surface area (Å²) in [5.74, 6) is 0. The first-order valence-electron chi connectivity index (χ1n) is 5.48. The molecule has 1 N–H and O–H groups in total.